The summed E-state index contributed by atoms with van der Waals surface area (Å²) in [6.45, 7) is 3.14. The highest BCUT2D eigenvalue weighted by molar-refractivity contribution is 5.76. The Morgan fingerprint density at radius 2 is 1.74 bits per heavy atom. The van der Waals surface area contributed by atoms with E-state index in [9.17, 15) is 9.18 Å². The Labute approximate surface area is 136 Å². The average molecular weight is 314 g/mol. The van der Waals surface area contributed by atoms with Crippen LogP contribution < -0.4 is 10.6 Å². The van der Waals surface area contributed by atoms with Gasteiger partial charge in [-0.15, -0.1) is 0 Å². The first-order valence-corrected chi connectivity index (χ1v) is 7.95. The molecule has 0 bridgehead atoms. The molecule has 1 amide bonds. The van der Waals surface area contributed by atoms with Gasteiger partial charge in [-0.1, -0.05) is 48.5 Å². The maximum atomic E-state index is 13.4. The highest BCUT2D eigenvalue weighted by Crippen LogP contribution is 2.10. The molecule has 2 aromatic rings. The largest absolute Gasteiger partial charge is 0.356 e. The van der Waals surface area contributed by atoms with Crippen molar-refractivity contribution in [3.8, 4) is 0 Å². The third kappa shape index (κ3) is 5.83. The summed E-state index contributed by atoms with van der Waals surface area (Å²) in [5.41, 5.74) is 1.83. The van der Waals surface area contributed by atoms with E-state index in [1.54, 1.807) is 18.2 Å². The van der Waals surface area contributed by atoms with Gasteiger partial charge < -0.3 is 10.6 Å². The predicted octanol–water partition coefficient (Wildman–Crippen LogP) is 3.23. The van der Waals surface area contributed by atoms with Gasteiger partial charge in [0.2, 0.25) is 5.91 Å². The third-order valence-electron chi connectivity index (χ3n) is 3.78. The zero-order valence-electron chi connectivity index (χ0n) is 13.4. The molecule has 3 nitrogen and oxygen atoms in total. The molecule has 1 atom stereocenters. The van der Waals surface area contributed by atoms with E-state index in [1.807, 2.05) is 18.2 Å². The standard InChI is InChI=1S/C19H23FN2O/c1-15(16-7-3-2-4-8-16)21-14-12-19(23)22-13-11-17-9-5-6-10-18(17)20/h2-10,15,21H,11-14H2,1H3,(H,22,23). The number of rotatable bonds is 8. The summed E-state index contributed by atoms with van der Waals surface area (Å²) in [5, 5.41) is 6.15. The van der Waals surface area contributed by atoms with E-state index in [2.05, 4.69) is 29.7 Å². The highest BCUT2D eigenvalue weighted by Gasteiger charge is 2.06. The number of hydrogen-bond donors (Lipinski definition) is 2. The van der Waals surface area contributed by atoms with E-state index in [0.717, 1.165) is 0 Å². The molecule has 0 spiro atoms. The second kappa shape index (κ2) is 9.06. The smallest absolute Gasteiger partial charge is 0.221 e. The number of nitrogens with one attached hydrogen (secondary N) is 2. The lowest BCUT2D eigenvalue weighted by atomic mass is 10.1. The Morgan fingerprint density at radius 1 is 1.04 bits per heavy atom. The summed E-state index contributed by atoms with van der Waals surface area (Å²) >= 11 is 0. The first-order valence-electron chi connectivity index (χ1n) is 7.95. The maximum absolute atomic E-state index is 13.4. The third-order valence-corrected chi connectivity index (χ3v) is 3.78. The van der Waals surface area contributed by atoms with Crippen molar-refractivity contribution in [2.75, 3.05) is 13.1 Å². The molecule has 2 rings (SSSR count). The van der Waals surface area contributed by atoms with Crippen molar-refractivity contribution in [1.29, 1.82) is 0 Å². The number of carbonyl (C=O) groups excluding carboxylic acids is 1. The zero-order chi connectivity index (χ0) is 16.5. The van der Waals surface area contributed by atoms with E-state index < -0.39 is 0 Å². The van der Waals surface area contributed by atoms with E-state index in [4.69, 9.17) is 0 Å². The van der Waals surface area contributed by atoms with Crippen molar-refractivity contribution in [3.05, 3.63) is 71.5 Å². The van der Waals surface area contributed by atoms with E-state index in [0.29, 0.717) is 31.5 Å². The van der Waals surface area contributed by atoms with Gasteiger partial charge in [0.05, 0.1) is 0 Å². The molecule has 0 heterocycles. The van der Waals surface area contributed by atoms with E-state index in [-0.39, 0.29) is 17.8 Å². The maximum Gasteiger partial charge on any atom is 0.221 e. The molecule has 0 fully saturated rings. The van der Waals surface area contributed by atoms with Crippen LogP contribution in [0.15, 0.2) is 54.6 Å². The number of amides is 1. The van der Waals surface area contributed by atoms with Crippen molar-refractivity contribution in [2.24, 2.45) is 0 Å². The summed E-state index contributed by atoms with van der Waals surface area (Å²) in [5.74, 6) is -0.241. The molecular weight excluding hydrogens is 291 g/mol. The molecule has 0 aliphatic rings. The second-order valence-electron chi connectivity index (χ2n) is 5.53. The van der Waals surface area contributed by atoms with Crippen LogP contribution in [0.4, 0.5) is 4.39 Å². The number of benzene rings is 2. The van der Waals surface area contributed by atoms with Crippen molar-refractivity contribution >= 4 is 5.91 Å². The summed E-state index contributed by atoms with van der Waals surface area (Å²) in [6.07, 6.45) is 0.917. The molecule has 23 heavy (non-hydrogen) atoms. The van der Waals surface area contributed by atoms with Gasteiger partial charge in [-0.3, -0.25) is 4.79 Å². The van der Waals surface area contributed by atoms with Gasteiger partial charge in [0.25, 0.3) is 0 Å². The lowest BCUT2D eigenvalue weighted by molar-refractivity contribution is -0.120. The molecule has 2 N–H and O–H groups in total. The SMILES string of the molecule is CC(NCCC(=O)NCCc1ccccc1F)c1ccccc1. The number of carbonyl (C=O) groups is 1. The summed E-state index contributed by atoms with van der Waals surface area (Å²) in [6, 6.07) is 17.0. The van der Waals surface area contributed by atoms with Crippen molar-refractivity contribution in [3.63, 3.8) is 0 Å². The molecule has 0 radical (unpaired) electrons. The molecule has 122 valence electrons. The van der Waals surface area contributed by atoms with Crippen LogP contribution >= 0.6 is 0 Å². The van der Waals surface area contributed by atoms with Crippen LogP contribution in [0, 0.1) is 5.82 Å². The monoisotopic (exact) mass is 314 g/mol. The first kappa shape index (κ1) is 17.2. The van der Waals surface area contributed by atoms with E-state index in [1.165, 1.54) is 11.6 Å². The lowest BCUT2D eigenvalue weighted by Gasteiger charge is -2.14. The normalized spacial score (nSPS) is 11.9. The van der Waals surface area contributed by atoms with Crippen molar-refractivity contribution in [1.82, 2.24) is 10.6 Å². The minimum atomic E-state index is -0.222. The van der Waals surface area contributed by atoms with Crippen LogP contribution in [0.2, 0.25) is 0 Å². The van der Waals surface area contributed by atoms with Gasteiger partial charge in [-0.05, 0) is 30.5 Å². The Kier molecular flexibility index (Phi) is 6.76. The molecule has 0 aliphatic heterocycles. The number of hydrogen-bond acceptors (Lipinski definition) is 2. The molecule has 0 aliphatic carbocycles. The van der Waals surface area contributed by atoms with Gasteiger partial charge in [-0.25, -0.2) is 4.39 Å². The zero-order valence-corrected chi connectivity index (χ0v) is 13.4. The highest BCUT2D eigenvalue weighted by atomic mass is 19.1. The van der Waals surface area contributed by atoms with Crippen molar-refractivity contribution < 1.29 is 9.18 Å². The Bertz CT molecular complexity index is 616. The van der Waals surface area contributed by atoms with Crippen LogP contribution in [0.5, 0.6) is 0 Å². The van der Waals surface area contributed by atoms with Crippen LogP contribution in [-0.4, -0.2) is 19.0 Å². The van der Waals surface area contributed by atoms with Crippen molar-refractivity contribution in [2.45, 2.75) is 25.8 Å². The second-order valence-corrected chi connectivity index (χ2v) is 5.53. The summed E-state index contributed by atoms with van der Waals surface area (Å²) in [7, 11) is 0. The fraction of sp³-hybridized carbons (Fsp3) is 0.316. The quantitative estimate of drug-likeness (QED) is 0.785. The van der Waals surface area contributed by atoms with Gasteiger partial charge in [0, 0.05) is 25.6 Å². The fourth-order valence-electron chi connectivity index (χ4n) is 2.39. The topological polar surface area (TPSA) is 41.1 Å². The van der Waals surface area contributed by atoms with Crippen LogP contribution in [0.25, 0.3) is 0 Å². The van der Waals surface area contributed by atoms with Gasteiger partial charge in [-0.2, -0.15) is 0 Å². The van der Waals surface area contributed by atoms with Crippen LogP contribution in [0.1, 0.15) is 30.5 Å². The number of halogens is 1. The Hall–Kier alpha value is -2.20. The molecule has 0 aromatic heterocycles. The van der Waals surface area contributed by atoms with Crippen LogP contribution in [-0.2, 0) is 11.2 Å². The minimum absolute atomic E-state index is 0.0194. The molecular formula is C19H23FN2O. The van der Waals surface area contributed by atoms with E-state index >= 15 is 0 Å². The molecule has 2 aromatic carbocycles. The Morgan fingerprint density at radius 3 is 2.48 bits per heavy atom. The predicted molar refractivity (Wildman–Crippen MR) is 90.6 cm³/mol. The Balaban J connectivity index is 1.63. The summed E-state index contributed by atoms with van der Waals surface area (Å²) in [4.78, 5) is 11.8. The van der Waals surface area contributed by atoms with Gasteiger partial charge in [0.1, 0.15) is 5.82 Å². The molecule has 0 saturated heterocycles. The van der Waals surface area contributed by atoms with Crippen LogP contribution in [0.3, 0.4) is 0 Å². The first-order chi connectivity index (χ1) is 11.2. The fourth-order valence-corrected chi connectivity index (χ4v) is 2.39. The molecule has 1 unspecified atom stereocenters. The molecule has 0 saturated carbocycles. The minimum Gasteiger partial charge on any atom is -0.356 e. The summed E-state index contributed by atoms with van der Waals surface area (Å²) < 4.78 is 13.4. The average Bonchev–Trinajstić information content (AvgIpc) is 2.57. The lowest BCUT2D eigenvalue weighted by Crippen LogP contribution is -2.30. The molecule has 4 heteroatoms. The van der Waals surface area contributed by atoms with Gasteiger partial charge in [0.15, 0.2) is 0 Å². The van der Waals surface area contributed by atoms with Gasteiger partial charge >= 0.3 is 0 Å².